The molecule has 0 unspecified atom stereocenters. The van der Waals surface area contributed by atoms with E-state index >= 15 is 0 Å². The second-order valence-corrected chi connectivity index (χ2v) is 6.12. The summed E-state index contributed by atoms with van der Waals surface area (Å²) in [5.74, 6) is 0.612. The molecule has 3 nitrogen and oxygen atoms in total. The fourth-order valence-corrected chi connectivity index (χ4v) is 3.56. The van der Waals surface area contributed by atoms with Crippen LogP contribution in [0.2, 0.25) is 5.02 Å². The first-order valence-corrected chi connectivity index (χ1v) is 7.55. The van der Waals surface area contributed by atoms with E-state index in [9.17, 15) is 4.79 Å². The summed E-state index contributed by atoms with van der Waals surface area (Å²) in [5, 5.41) is 5.09. The molecule has 1 aromatic carbocycles. The molecule has 3 rings (SSSR count). The lowest BCUT2D eigenvalue weighted by Gasteiger charge is -2.29. The van der Waals surface area contributed by atoms with Crippen LogP contribution >= 0.6 is 11.6 Å². The summed E-state index contributed by atoms with van der Waals surface area (Å²) < 4.78 is 0. The molecule has 0 aliphatic heterocycles. The molecule has 2 aromatic rings. The third-order valence-electron chi connectivity index (χ3n) is 4.24. The molecule has 1 amide bonds. The molecule has 0 atom stereocenters. The van der Waals surface area contributed by atoms with Crippen LogP contribution in [-0.2, 0) is 4.79 Å². The Labute approximate surface area is 123 Å². The lowest BCUT2D eigenvalue weighted by Crippen LogP contribution is -2.35. The zero-order valence-electron chi connectivity index (χ0n) is 11.6. The second kappa shape index (κ2) is 5.49. The molecule has 4 heteroatoms. The van der Waals surface area contributed by atoms with Crippen LogP contribution < -0.4 is 5.32 Å². The zero-order chi connectivity index (χ0) is 14.1. The predicted molar refractivity (Wildman–Crippen MR) is 82.1 cm³/mol. The van der Waals surface area contributed by atoms with Crippen LogP contribution in [0.25, 0.3) is 10.9 Å². The van der Waals surface area contributed by atoms with Gasteiger partial charge in [-0.25, -0.2) is 0 Å². The van der Waals surface area contributed by atoms with Gasteiger partial charge < -0.3 is 10.3 Å². The highest BCUT2D eigenvalue weighted by Gasteiger charge is 2.24. The van der Waals surface area contributed by atoms with Crippen molar-refractivity contribution in [3.63, 3.8) is 0 Å². The van der Waals surface area contributed by atoms with E-state index in [1.807, 2.05) is 12.3 Å². The van der Waals surface area contributed by atoms with E-state index in [4.69, 9.17) is 11.6 Å². The van der Waals surface area contributed by atoms with Gasteiger partial charge in [0.25, 0.3) is 0 Å². The Morgan fingerprint density at radius 1 is 1.30 bits per heavy atom. The molecule has 1 aliphatic rings. The van der Waals surface area contributed by atoms with Crippen molar-refractivity contribution < 1.29 is 4.79 Å². The molecular formula is C16H19ClN2O. The normalized spacial score (nSPS) is 22.9. The van der Waals surface area contributed by atoms with Crippen LogP contribution in [0.4, 0.5) is 0 Å². The van der Waals surface area contributed by atoms with E-state index in [-0.39, 0.29) is 5.91 Å². The lowest BCUT2D eigenvalue weighted by molar-refractivity contribution is -0.119. The van der Waals surface area contributed by atoms with E-state index in [0.29, 0.717) is 12.0 Å². The number of aromatic amines is 1. The molecule has 1 aromatic heterocycles. The maximum Gasteiger partial charge on any atom is 0.217 e. The van der Waals surface area contributed by atoms with E-state index in [1.165, 1.54) is 10.9 Å². The highest BCUT2D eigenvalue weighted by Crippen LogP contribution is 2.37. The zero-order valence-corrected chi connectivity index (χ0v) is 12.3. The number of amides is 1. The van der Waals surface area contributed by atoms with Gasteiger partial charge in [0.05, 0.1) is 0 Å². The number of H-pyrrole nitrogens is 1. The monoisotopic (exact) mass is 290 g/mol. The van der Waals surface area contributed by atoms with Crippen LogP contribution in [0, 0.1) is 0 Å². The number of rotatable bonds is 2. The van der Waals surface area contributed by atoms with E-state index < -0.39 is 0 Å². The van der Waals surface area contributed by atoms with Gasteiger partial charge in [-0.15, -0.1) is 0 Å². The number of fused-ring (bicyclic) bond motifs is 1. The van der Waals surface area contributed by atoms with Crippen molar-refractivity contribution in [2.75, 3.05) is 0 Å². The first-order chi connectivity index (χ1) is 9.63. The minimum Gasteiger partial charge on any atom is -0.361 e. The molecular weight excluding hydrogens is 272 g/mol. The van der Waals surface area contributed by atoms with Gasteiger partial charge in [-0.05, 0) is 55.4 Å². The Balaban J connectivity index is 1.79. The highest BCUT2D eigenvalue weighted by atomic mass is 35.5. The van der Waals surface area contributed by atoms with Gasteiger partial charge >= 0.3 is 0 Å². The summed E-state index contributed by atoms with van der Waals surface area (Å²) >= 11 is 6.22. The smallest absolute Gasteiger partial charge is 0.217 e. The number of hydrogen-bond donors (Lipinski definition) is 2. The Morgan fingerprint density at radius 3 is 2.75 bits per heavy atom. The molecule has 2 N–H and O–H groups in total. The molecule has 0 saturated heterocycles. The largest absolute Gasteiger partial charge is 0.361 e. The van der Waals surface area contributed by atoms with Gasteiger partial charge in [-0.2, -0.15) is 0 Å². The number of benzene rings is 1. The van der Waals surface area contributed by atoms with Crippen molar-refractivity contribution in [1.82, 2.24) is 10.3 Å². The third-order valence-corrected chi connectivity index (χ3v) is 4.46. The topological polar surface area (TPSA) is 44.9 Å². The third kappa shape index (κ3) is 2.68. The molecule has 0 radical (unpaired) electrons. The summed E-state index contributed by atoms with van der Waals surface area (Å²) in [5.41, 5.74) is 2.45. The van der Waals surface area contributed by atoms with Gasteiger partial charge in [0.15, 0.2) is 0 Å². The first kappa shape index (κ1) is 13.5. The van der Waals surface area contributed by atoms with E-state index in [0.717, 1.165) is 36.2 Å². The Bertz CT molecular complexity index is 626. The number of carbonyl (C=O) groups is 1. The van der Waals surface area contributed by atoms with Crippen LogP contribution in [0.5, 0.6) is 0 Å². The molecule has 20 heavy (non-hydrogen) atoms. The fraction of sp³-hybridized carbons (Fsp3) is 0.438. The minimum atomic E-state index is 0.0734. The van der Waals surface area contributed by atoms with E-state index in [2.05, 4.69) is 22.4 Å². The van der Waals surface area contributed by atoms with Crippen molar-refractivity contribution in [2.45, 2.75) is 44.6 Å². The molecule has 106 valence electrons. The minimum absolute atomic E-state index is 0.0734. The highest BCUT2D eigenvalue weighted by molar-refractivity contribution is 6.31. The Morgan fingerprint density at radius 2 is 2.05 bits per heavy atom. The second-order valence-electron chi connectivity index (χ2n) is 5.68. The van der Waals surface area contributed by atoms with Gasteiger partial charge in [-0.3, -0.25) is 4.79 Å². The molecule has 0 spiro atoms. The standard InChI is InChI=1S/C16H19ClN2O/c1-10(20)19-13-4-2-11(3-5-13)15-8-12(17)9-16-14(15)6-7-18-16/h6-9,11,13,18H,2-5H2,1H3,(H,19,20). The van der Waals surface area contributed by atoms with Crippen LogP contribution in [0.15, 0.2) is 24.4 Å². The summed E-state index contributed by atoms with van der Waals surface area (Å²) in [6, 6.07) is 6.54. The number of halogens is 1. The predicted octanol–water partition coefficient (Wildman–Crippen LogP) is 3.98. The summed E-state index contributed by atoms with van der Waals surface area (Å²) in [7, 11) is 0. The van der Waals surface area contributed by atoms with E-state index in [1.54, 1.807) is 6.92 Å². The quantitative estimate of drug-likeness (QED) is 0.863. The van der Waals surface area contributed by atoms with Crippen molar-refractivity contribution in [3.05, 3.63) is 35.0 Å². The number of hydrogen-bond acceptors (Lipinski definition) is 1. The molecule has 1 aliphatic carbocycles. The van der Waals surface area contributed by atoms with Crippen molar-refractivity contribution in [1.29, 1.82) is 0 Å². The summed E-state index contributed by atoms with van der Waals surface area (Å²) in [4.78, 5) is 14.3. The average Bonchev–Trinajstić information content (AvgIpc) is 2.86. The van der Waals surface area contributed by atoms with Crippen LogP contribution in [0.1, 0.15) is 44.1 Å². The van der Waals surface area contributed by atoms with Crippen molar-refractivity contribution >= 4 is 28.4 Å². The number of carbonyl (C=O) groups excluding carboxylic acids is 1. The maximum atomic E-state index is 11.1. The summed E-state index contributed by atoms with van der Waals surface area (Å²) in [6.45, 7) is 1.59. The van der Waals surface area contributed by atoms with Gasteiger partial charge in [0.2, 0.25) is 5.91 Å². The lowest BCUT2D eigenvalue weighted by atomic mass is 9.80. The van der Waals surface area contributed by atoms with Crippen molar-refractivity contribution in [2.24, 2.45) is 0 Å². The van der Waals surface area contributed by atoms with Gasteiger partial charge in [0.1, 0.15) is 0 Å². The van der Waals surface area contributed by atoms with Crippen molar-refractivity contribution in [3.8, 4) is 0 Å². The molecule has 0 bridgehead atoms. The summed E-state index contributed by atoms with van der Waals surface area (Å²) in [6.07, 6.45) is 6.26. The number of nitrogens with one attached hydrogen (secondary N) is 2. The first-order valence-electron chi connectivity index (χ1n) is 7.17. The van der Waals surface area contributed by atoms with Gasteiger partial charge in [-0.1, -0.05) is 11.6 Å². The Hall–Kier alpha value is -1.48. The molecule has 1 saturated carbocycles. The average molecular weight is 291 g/mol. The molecule has 1 heterocycles. The Kier molecular flexibility index (Phi) is 3.70. The molecule has 1 fully saturated rings. The maximum absolute atomic E-state index is 11.1. The fourth-order valence-electron chi connectivity index (χ4n) is 3.33. The SMILES string of the molecule is CC(=O)NC1CCC(c2cc(Cl)cc3[nH]ccc23)CC1. The number of aromatic nitrogens is 1. The van der Waals surface area contributed by atoms with Crippen LogP contribution in [0.3, 0.4) is 0 Å². The van der Waals surface area contributed by atoms with Crippen LogP contribution in [-0.4, -0.2) is 16.9 Å². The van der Waals surface area contributed by atoms with Gasteiger partial charge in [0, 0.05) is 35.1 Å².